The highest BCUT2D eigenvalue weighted by Crippen LogP contribution is 2.44. The summed E-state index contributed by atoms with van der Waals surface area (Å²) in [6.07, 6.45) is 5.02. The molecule has 0 radical (unpaired) electrons. The Morgan fingerprint density at radius 2 is 2.19 bits per heavy atom. The van der Waals surface area contributed by atoms with Gasteiger partial charge in [-0.25, -0.2) is 0 Å². The molecule has 2 saturated carbocycles. The molecule has 3 unspecified atom stereocenters. The average Bonchev–Trinajstić information content (AvgIpc) is 3.07. The normalized spacial score (nSPS) is 26.3. The number of amides is 1. The van der Waals surface area contributed by atoms with E-state index in [9.17, 15) is 4.79 Å². The zero-order valence-corrected chi connectivity index (χ0v) is 12.4. The summed E-state index contributed by atoms with van der Waals surface area (Å²) in [5.74, 6) is 7.00. The molecule has 2 N–H and O–H groups in total. The van der Waals surface area contributed by atoms with Crippen LogP contribution in [0.5, 0.6) is 0 Å². The van der Waals surface area contributed by atoms with Gasteiger partial charge in [-0.1, -0.05) is 18.3 Å². The van der Waals surface area contributed by atoms with Crippen LogP contribution in [0.15, 0.2) is 18.2 Å². The minimum Gasteiger partial charge on any atom is -0.384 e. The Kier molecular flexibility index (Phi) is 3.98. The molecule has 1 aromatic rings. The van der Waals surface area contributed by atoms with Crippen LogP contribution in [0.1, 0.15) is 47.2 Å². The maximum Gasteiger partial charge on any atom is 0.251 e. The maximum atomic E-state index is 12.4. The summed E-state index contributed by atoms with van der Waals surface area (Å²) in [5.41, 5.74) is 2.46. The van der Waals surface area contributed by atoms with Crippen molar-refractivity contribution in [2.75, 3.05) is 6.61 Å². The monoisotopic (exact) mass is 283 g/mol. The molecule has 110 valence electrons. The zero-order chi connectivity index (χ0) is 14.8. The summed E-state index contributed by atoms with van der Waals surface area (Å²) in [6.45, 7) is 1.79. The Hall–Kier alpha value is -1.79. The number of benzene rings is 1. The number of rotatable bonds is 2. The topological polar surface area (TPSA) is 49.3 Å². The molecule has 0 aliphatic heterocycles. The molecule has 2 aliphatic carbocycles. The highest BCUT2D eigenvalue weighted by Gasteiger charge is 2.40. The first-order valence-electron chi connectivity index (χ1n) is 7.68. The number of aliphatic hydroxyl groups is 1. The van der Waals surface area contributed by atoms with E-state index in [1.54, 1.807) is 6.07 Å². The Balaban J connectivity index is 1.73. The van der Waals surface area contributed by atoms with Gasteiger partial charge in [0.15, 0.2) is 0 Å². The van der Waals surface area contributed by atoms with Crippen molar-refractivity contribution in [3.63, 3.8) is 0 Å². The number of hydrogen-bond acceptors (Lipinski definition) is 2. The molecule has 0 saturated heterocycles. The second kappa shape index (κ2) is 5.91. The highest BCUT2D eigenvalue weighted by molar-refractivity contribution is 5.95. The molecule has 2 fully saturated rings. The fourth-order valence-corrected chi connectivity index (χ4v) is 3.80. The van der Waals surface area contributed by atoms with Crippen LogP contribution in [0.2, 0.25) is 0 Å². The Morgan fingerprint density at radius 1 is 1.33 bits per heavy atom. The van der Waals surface area contributed by atoms with Gasteiger partial charge < -0.3 is 10.4 Å². The minimum absolute atomic E-state index is 0.00305. The van der Waals surface area contributed by atoms with Crippen LogP contribution in [0, 0.1) is 30.6 Å². The van der Waals surface area contributed by atoms with Gasteiger partial charge in [-0.3, -0.25) is 4.79 Å². The third kappa shape index (κ3) is 3.11. The molecule has 1 amide bonds. The number of nitrogens with one attached hydrogen (secondary N) is 1. The van der Waals surface area contributed by atoms with Gasteiger partial charge in [0.05, 0.1) is 0 Å². The molecule has 21 heavy (non-hydrogen) atoms. The van der Waals surface area contributed by atoms with Crippen LogP contribution in [-0.4, -0.2) is 23.7 Å². The van der Waals surface area contributed by atoms with E-state index in [0.717, 1.165) is 23.5 Å². The predicted molar refractivity (Wildman–Crippen MR) is 81.8 cm³/mol. The number of carbonyl (C=O) groups excluding carboxylic acids is 1. The van der Waals surface area contributed by atoms with Gasteiger partial charge in [0, 0.05) is 17.2 Å². The average molecular weight is 283 g/mol. The molecular formula is C18H21NO2. The molecule has 0 spiro atoms. The molecule has 2 bridgehead atoms. The molecule has 0 heterocycles. The summed E-state index contributed by atoms with van der Waals surface area (Å²) in [7, 11) is 0. The first-order chi connectivity index (χ1) is 10.2. The molecule has 3 nitrogen and oxygen atoms in total. The maximum absolute atomic E-state index is 12.4. The van der Waals surface area contributed by atoms with Gasteiger partial charge in [-0.05, 0) is 61.8 Å². The van der Waals surface area contributed by atoms with Gasteiger partial charge in [-0.15, -0.1) is 0 Å². The Morgan fingerprint density at radius 3 is 2.86 bits per heavy atom. The largest absolute Gasteiger partial charge is 0.384 e. The molecule has 3 rings (SSSR count). The molecule has 3 atom stereocenters. The second-order valence-electron chi connectivity index (χ2n) is 6.30. The van der Waals surface area contributed by atoms with Crippen molar-refractivity contribution in [2.45, 2.75) is 38.6 Å². The standard InChI is InChI=1S/C18H21NO2/c1-12-7-13(3-2-6-20)10-16(8-12)18(21)19-17-11-14-4-5-15(17)9-14/h7-8,10,14-15,17,20H,4-6,9,11H2,1H3,(H,19,21). The van der Waals surface area contributed by atoms with Crippen molar-refractivity contribution in [1.82, 2.24) is 5.32 Å². The van der Waals surface area contributed by atoms with Gasteiger partial charge in [0.2, 0.25) is 0 Å². The summed E-state index contributed by atoms with van der Waals surface area (Å²) < 4.78 is 0. The van der Waals surface area contributed by atoms with Crippen molar-refractivity contribution >= 4 is 5.91 Å². The Bertz CT molecular complexity index is 611. The highest BCUT2D eigenvalue weighted by atomic mass is 16.2. The smallest absolute Gasteiger partial charge is 0.251 e. The summed E-state index contributed by atoms with van der Waals surface area (Å²) in [6, 6.07) is 5.98. The van der Waals surface area contributed by atoms with Gasteiger partial charge >= 0.3 is 0 Å². The number of aliphatic hydroxyl groups excluding tert-OH is 1. The summed E-state index contributed by atoms with van der Waals surface area (Å²) in [5, 5.41) is 12.0. The number of fused-ring (bicyclic) bond motifs is 2. The van der Waals surface area contributed by atoms with Crippen LogP contribution < -0.4 is 5.32 Å². The third-order valence-corrected chi connectivity index (χ3v) is 4.71. The van der Waals surface area contributed by atoms with Crippen molar-refractivity contribution in [3.8, 4) is 11.8 Å². The van der Waals surface area contributed by atoms with Crippen molar-refractivity contribution in [1.29, 1.82) is 0 Å². The molecular weight excluding hydrogens is 262 g/mol. The van der Waals surface area contributed by atoms with Gasteiger partial charge in [-0.2, -0.15) is 0 Å². The molecule has 1 aromatic carbocycles. The fourth-order valence-electron chi connectivity index (χ4n) is 3.80. The van der Waals surface area contributed by atoms with Crippen LogP contribution in [0.4, 0.5) is 0 Å². The minimum atomic E-state index is -0.166. The van der Waals surface area contributed by atoms with Crippen LogP contribution in [-0.2, 0) is 0 Å². The second-order valence-corrected chi connectivity index (χ2v) is 6.30. The summed E-state index contributed by atoms with van der Waals surface area (Å²) >= 11 is 0. The molecule has 3 heteroatoms. The van der Waals surface area contributed by atoms with Gasteiger partial charge in [0.1, 0.15) is 6.61 Å². The SMILES string of the molecule is Cc1cc(C#CCO)cc(C(=O)NC2CC3CCC2C3)c1. The van der Waals surface area contributed by atoms with Crippen LogP contribution >= 0.6 is 0 Å². The number of aryl methyl sites for hydroxylation is 1. The quantitative estimate of drug-likeness (QED) is 0.818. The zero-order valence-electron chi connectivity index (χ0n) is 12.4. The lowest BCUT2D eigenvalue weighted by molar-refractivity contribution is 0.0923. The predicted octanol–water partition coefficient (Wildman–Crippen LogP) is 2.26. The van der Waals surface area contributed by atoms with E-state index in [0.29, 0.717) is 17.5 Å². The lowest BCUT2D eigenvalue weighted by Gasteiger charge is -2.23. The van der Waals surface area contributed by atoms with E-state index >= 15 is 0 Å². The van der Waals surface area contributed by atoms with E-state index in [-0.39, 0.29) is 12.5 Å². The van der Waals surface area contributed by atoms with E-state index in [2.05, 4.69) is 17.2 Å². The van der Waals surface area contributed by atoms with E-state index in [4.69, 9.17) is 5.11 Å². The van der Waals surface area contributed by atoms with Crippen molar-refractivity contribution in [2.24, 2.45) is 11.8 Å². The van der Waals surface area contributed by atoms with Crippen LogP contribution in [0.3, 0.4) is 0 Å². The van der Waals surface area contributed by atoms with E-state index in [1.165, 1.54) is 19.3 Å². The fraction of sp³-hybridized carbons (Fsp3) is 0.500. The lowest BCUT2D eigenvalue weighted by atomic mass is 9.95. The first kappa shape index (κ1) is 14.2. The lowest BCUT2D eigenvalue weighted by Crippen LogP contribution is -2.38. The molecule has 2 aliphatic rings. The number of carbonyl (C=O) groups is 1. The number of hydrogen-bond donors (Lipinski definition) is 2. The van der Waals surface area contributed by atoms with Crippen molar-refractivity contribution < 1.29 is 9.90 Å². The molecule has 0 aromatic heterocycles. The van der Waals surface area contributed by atoms with E-state index < -0.39 is 0 Å². The summed E-state index contributed by atoms with van der Waals surface area (Å²) in [4.78, 5) is 12.4. The van der Waals surface area contributed by atoms with Crippen molar-refractivity contribution in [3.05, 3.63) is 34.9 Å². The van der Waals surface area contributed by atoms with Crippen LogP contribution in [0.25, 0.3) is 0 Å². The third-order valence-electron chi connectivity index (χ3n) is 4.71. The Labute approximate surface area is 125 Å². The van der Waals surface area contributed by atoms with E-state index in [1.807, 2.05) is 19.1 Å². The van der Waals surface area contributed by atoms with Gasteiger partial charge in [0.25, 0.3) is 5.91 Å². The first-order valence-corrected chi connectivity index (χ1v) is 7.68.